The zero-order valence-electron chi connectivity index (χ0n) is 7.34. The highest BCUT2D eigenvalue weighted by molar-refractivity contribution is 5.73. The molecule has 0 amide bonds. The highest BCUT2D eigenvalue weighted by atomic mass is 16.2. The Morgan fingerprint density at radius 1 is 1.31 bits per heavy atom. The van der Waals surface area contributed by atoms with Crippen LogP contribution in [0.2, 0.25) is 0 Å². The second-order valence-electron chi connectivity index (χ2n) is 2.55. The predicted octanol–water partition coefficient (Wildman–Crippen LogP) is 1.77. The zero-order chi connectivity index (χ0) is 9.68. The summed E-state index contributed by atoms with van der Waals surface area (Å²) in [5.74, 6) is 0. The van der Waals surface area contributed by atoms with Gasteiger partial charge in [0.1, 0.15) is 6.29 Å². The van der Waals surface area contributed by atoms with Crippen molar-refractivity contribution in [2.45, 2.75) is 0 Å². The van der Waals surface area contributed by atoms with Crippen molar-refractivity contribution in [3.8, 4) is 0 Å². The standard InChI is InChI=1S/C10H11NO2/c1-11-9(3-2-7-12)4-5-10(11)6-8-13/h2-8,13H,1H3/b3-2+,8-6+. The quantitative estimate of drug-likeness (QED) is 0.434. The van der Waals surface area contributed by atoms with Crippen LogP contribution in [0.3, 0.4) is 0 Å². The molecule has 0 atom stereocenters. The van der Waals surface area contributed by atoms with E-state index in [0.29, 0.717) is 0 Å². The maximum Gasteiger partial charge on any atom is 0.142 e. The third-order valence-electron chi connectivity index (χ3n) is 1.79. The van der Waals surface area contributed by atoms with Gasteiger partial charge in [-0.3, -0.25) is 4.79 Å². The summed E-state index contributed by atoms with van der Waals surface area (Å²) in [6.45, 7) is 0. The van der Waals surface area contributed by atoms with Crippen LogP contribution in [0.5, 0.6) is 0 Å². The van der Waals surface area contributed by atoms with E-state index in [0.717, 1.165) is 23.9 Å². The molecule has 1 aromatic heterocycles. The predicted molar refractivity (Wildman–Crippen MR) is 52.2 cm³/mol. The Bertz CT molecular complexity index is 348. The highest BCUT2D eigenvalue weighted by Crippen LogP contribution is 2.09. The molecule has 3 nitrogen and oxygen atoms in total. The molecule has 68 valence electrons. The molecule has 0 aromatic carbocycles. The van der Waals surface area contributed by atoms with Crippen LogP contribution < -0.4 is 0 Å². The van der Waals surface area contributed by atoms with Crippen molar-refractivity contribution in [2.24, 2.45) is 7.05 Å². The minimum atomic E-state index is 0.731. The molecule has 1 heterocycles. The summed E-state index contributed by atoms with van der Waals surface area (Å²) in [4.78, 5) is 10.1. The van der Waals surface area contributed by atoms with E-state index in [2.05, 4.69) is 0 Å². The van der Waals surface area contributed by atoms with Crippen LogP contribution in [0, 0.1) is 0 Å². The number of carbonyl (C=O) groups excluding carboxylic acids is 1. The lowest BCUT2D eigenvalue weighted by Gasteiger charge is -1.99. The lowest BCUT2D eigenvalue weighted by atomic mass is 10.4. The zero-order valence-corrected chi connectivity index (χ0v) is 7.34. The summed E-state index contributed by atoms with van der Waals surface area (Å²) >= 11 is 0. The van der Waals surface area contributed by atoms with Gasteiger partial charge in [-0.05, 0) is 30.4 Å². The van der Waals surface area contributed by atoms with Crippen molar-refractivity contribution in [1.82, 2.24) is 4.57 Å². The van der Waals surface area contributed by atoms with Gasteiger partial charge in [0.05, 0.1) is 6.26 Å². The smallest absolute Gasteiger partial charge is 0.142 e. The van der Waals surface area contributed by atoms with Crippen molar-refractivity contribution in [2.75, 3.05) is 0 Å². The molecule has 0 aliphatic carbocycles. The maximum absolute atomic E-state index is 10.1. The Morgan fingerprint density at radius 2 is 1.92 bits per heavy atom. The summed E-state index contributed by atoms with van der Waals surface area (Å²) in [7, 11) is 1.86. The number of nitrogens with zero attached hydrogens (tertiary/aromatic N) is 1. The molecular formula is C10H11NO2. The lowest BCUT2D eigenvalue weighted by molar-refractivity contribution is -0.104. The van der Waals surface area contributed by atoms with E-state index in [1.54, 1.807) is 12.2 Å². The fraction of sp³-hybridized carbons (Fsp3) is 0.100. The Balaban J connectivity index is 2.98. The third kappa shape index (κ3) is 2.08. The van der Waals surface area contributed by atoms with Gasteiger partial charge in [0, 0.05) is 18.4 Å². The molecule has 0 unspecified atom stereocenters. The van der Waals surface area contributed by atoms with Gasteiger partial charge in [-0.2, -0.15) is 0 Å². The van der Waals surface area contributed by atoms with Gasteiger partial charge in [0.25, 0.3) is 0 Å². The van der Waals surface area contributed by atoms with E-state index in [-0.39, 0.29) is 0 Å². The number of hydrogen-bond donors (Lipinski definition) is 1. The number of aldehydes is 1. The first-order valence-corrected chi connectivity index (χ1v) is 3.88. The van der Waals surface area contributed by atoms with Crippen molar-refractivity contribution >= 4 is 18.4 Å². The second kappa shape index (κ2) is 4.30. The lowest BCUT2D eigenvalue weighted by Crippen LogP contribution is -1.92. The summed E-state index contributed by atoms with van der Waals surface area (Å²) < 4.78 is 1.87. The number of rotatable bonds is 3. The molecule has 1 N–H and O–H groups in total. The molecule has 1 rings (SSSR count). The first-order valence-electron chi connectivity index (χ1n) is 3.88. The molecule has 0 bridgehead atoms. The number of aliphatic hydroxyl groups is 1. The van der Waals surface area contributed by atoms with Crippen LogP contribution >= 0.6 is 0 Å². The molecule has 0 saturated heterocycles. The SMILES string of the molecule is Cn1c(/C=C/O)ccc1/C=C/C=O. The second-order valence-corrected chi connectivity index (χ2v) is 2.55. The number of aliphatic hydroxyl groups excluding tert-OH is 1. The van der Waals surface area contributed by atoms with Crippen LogP contribution in [0.15, 0.2) is 24.5 Å². The molecule has 13 heavy (non-hydrogen) atoms. The largest absolute Gasteiger partial charge is 0.516 e. The van der Waals surface area contributed by atoms with Crippen LogP contribution in [0.25, 0.3) is 12.2 Å². The van der Waals surface area contributed by atoms with Gasteiger partial charge in [0.15, 0.2) is 0 Å². The maximum atomic E-state index is 10.1. The van der Waals surface area contributed by atoms with Crippen molar-refractivity contribution in [3.63, 3.8) is 0 Å². The molecule has 0 radical (unpaired) electrons. The van der Waals surface area contributed by atoms with Crippen molar-refractivity contribution in [1.29, 1.82) is 0 Å². The van der Waals surface area contributed by atoms with E-state index < -0.39 is 0 Å². The first kappa shape index (κ1) is 9.32. The van der Waals surface area contributed by atoms with Gasteiger partial charge < -0.3 is 9.67 Å². The van der Waals surface area contributed by atoms with Crippen LogP contribution in [-0.4, -0.2) is 16.0 Å². The highest BCUT2D eigenvalue weighted by Gasteiger charge is 1.97. The van der Waals surface area contributed by atoms with Gasteiger partial charge in [-0.1, -0.05) is 0 Å². The minimum absolute atomic E-state index is 0.731. The number of aromatic nitrogens is 1. The van der Waals surface area contributed by atoms with Gasteiger partial charge in [-0.15, -0.1) is 0 Å². The number of carbonyl (C=O) groups is 1. The molecule has 0 saturated carbocycles. The molecule has 0 spiro atoms. The normalized spacial score (nSPS) is 11.5. The van der Waals surface area contributed by atoms with E-state index in [4.69, 9.17) is 5.11 Å². The Labute approximate surface area is 76.6 Å². The van der Waals surface area contributed by atoms with Crippen LogP contribution in [0.4, 0.5) is 0 Å². The van der Waals surface area contributed by atoms with E-state index >= 15 is 0 Å². The summed E-state index contributed by atoms with van der Waals surface area (Å²) in [5.41, 5.74) is 1.80. The molecule has 3 heteroatoms. The average molecular weight is 177 g/mol. The molecule has 1 aromatic rings. The number of hydrogen-bond acceptors (Lipinski definition) is 2. The van der Waals surface area contributed by atoms with Gasteiger partial charge in [-0.25, -0.2) is 0 Å². The van der Waals surface area contributed by atoms with Crippen molar-refractivity contribution in [3.05, 3.63) is 35.9 Å². The fourth-order valence-corrected chi connectivity index (χ4v) is 1.09. The topological polar surface area (TPSA) is 42.2 Å². The number of allylic oxidation sites excluding steroid dienone is 1. The Morgan fingerprint density at radius 3 is 2.46 bits per heavy atom. The third-order valence-corrected chi connectivity index (χ3v) is 1.79. The minimum Gasteiger partial charge on any atom is -0.516 e. The van der Waals surface area contributed by atoms with Crippen LogP contribution in [-0.2, 0) is 11.8 Å². The molecule has 0 aliphatic heterocycles. The Hall–Kier alpha value is -1.77. The summed E-state index contributed by atoms with van der Waals surface area (Å²) in [5, 5.41) is 8.56. The van der Waals surface area contributed by atoms with Gasteiger partial charge >= 0.3 is 0 Å². The summed E-state index contributed by atoms with van der Waals surface area (Å²) in [6, 6.07) is 3.73. The van der Waals surface area contributed by atoms with Crippen LogP contribution in [0.1, 0.15) is 11.4 Å². The van der Waals surface area contributed by atoms with Gasteiger partial charge in [0.2, 0.25) is 0 Å². The van der Waals surface area contributed by atoms with Crippen molar-refractivity contribution < 1.29 is 9.90 Å². The monoisotopic (exact) mass is 177 g/mol. The fourth-order valence-electron chi connectivity index (χ4n) is 1.09. The first-order chi connectivity index (χ1) is 6.29. The van der Waals surface area contributed by atoms with E-state index in [1.807, 2.05) is 23.7 Å². The Kier molecular flexibility index (Phi) is 3.09. The molecule has 0 aliphatic rings. The molecular weight excluding hydrogens is 166 g/mol. The van der Waals surface area contributed by atoms with E-state index in [9.17, 15) is 4.79 Å². The summed E-state index contributed by atoms with van der Waals surface area (Å²) in [6.07, 6.45) is 6.44. The molecule has 0 fully saturated rings. The average Bonchev–Trinajstić information content (AvgIpc) is 2.46. The van der Waals surface area contributed by atoms with E-state index in [1.165, 1.54) is 6.08 Å².